The summed E-state index contributed by atoms with van der Waals surface area (Å²) in [7, 11) is 0. The third kappa shape index (κ3) is 2.28. The molecule has 122 valence electrons. The first kappa shape index (κ1) is 15.2. The van der Waals surface area contributed by atoms with Crippen LogP contribution in [0.3, 0.4) is 0 Å². The minimum absolute atomic E-state index is 0.0758. The smallest absolute Gasteiger partial charge is 0.257 e. The molecular formula is C21H21NO2. The summed E-state index contributed by atoms with van der Waals surface area (Å²) in [6.07, 6.45) is 4.16. The maximum atomic E-state index is 12.8. The van der Waals surface area contributed by atoms with Gasteiger partial charge in [0.25, 0.3) is 5.91 Å². The van der Waals surface area contributed by atoms with Crippen LogP contribution >= 0.6 is 0 Å². The van der Waals surface area contributed by atoms with Crippen molar-refractivity contribution < 1.29 is 9.90 Å². The second kappa shape index (κ2) is 5.91. The molecule has 1 amide bonds. The zero-order valence-electron chi connectivity index (χ0n) is 13.8. The number of aliphatic hydroxyl groups excluding tert-OH is 1. The van der Waals surface area contributed by atoms with Gasteiger partial charge in [0.2, 0.25) is 0 Å². The van der Waals surface area contributed by atoms with Crippen molar-refractivity contribution in [3.05, 3.63) is 76.9 Å². The van der Waals surface area contributed by atoms with Crippen LogP contribution in [0.1, 0.15) is 53.0 Å². The fraction of sp³-hybridized carbons (Fsp3) is 0.286. The van der Waals surface area contributed by atoms with Gasteiger partial charge >= 0.3 is 0 Å². The van der Waals surface area contributed by atoms with Crippen molar-refractivity contribution >= 4 is 11.5 Å². The van der Waals surface area contributed by atoms with E-state index in [1.165, 1.54) is 16.7 Å². The number of carbonyl (C=O) groups excluding carboxylic acids is 1. The van der Waals surface area contributed by atoms with Gasteiger partial charge in [0.05, 0.1) is 6.04 Å². The molecule has 0 spiro atoms. The Bertz CT molecular complexity index is 824. The molecule has 0 saturated heterocycles. The first-order valence-corrected chi connectivity index (χ1v) is 8.59. The minimum Gasteiger partial charge on any atom is -0.369 e. The average molecular weight is 319 g/mol. The molecule has 0 fully saturated rings. The fourth-order valence-electron chi connectivity index (χ4n) is 3.90. The lowest BCUT2D eigenvalue weighted by Gasteiger charge is -2.28. The first-order chi connectivity index (χ1) is 11.7. The van der Waals surface area contributed by atoms with E-state index in [4.69, 9.17) is 0 Å². The number of hydrogen-bond acceptors (Lipinski definition) is 2. The molecule has 1 aliphatic carbocycles. The van der Waals surface area contributed by atoms with Crippen molar-refractivity contribution in [2.24, 2.45) is 0 Å². The Hall–Kier alpha value is -2.39. The average Bonchev–Trinajstić information content (AvgIpc) is 3.14. The Labute approximate surface area is 142 Å². The van der Waals surface area contributed by atoms with E-state index in [1.54, 1.807) is 11.0 Å². The predicted octanol–water partition coefficient (Wildman–Crippen LogP) is 3.94. The van der Waals surface area contributed by atoms with Crippen LogP contribution < -0.4 is 0 Å². The highest BCUT2D eigenvalue weighted by atomic mass is 16.3. The molecule has 2 aromatic rings. The molecule has 2 aliphatic rings. The van der Waals surface area contributed by atoms with Crippen LogP contribution in [0.4, 0.5) is 0 Å². The standard InChI is InChI=1S/C21H21NO2/c1-2-16(13-15-12-11-14-7-3-4-8-17(14)15)22-20(23)18-9-5-6-10-19(18)21(22)24/h3-10,13,16,20,23H,2,11-12H2,1H3/b15-13+. The predicted molar refractivity (Wildman–Crippen MR) is 94.4 cm³/mol. The summed E-state index contributed by atoms with van der Waals surface area (Å²) in [6.45, 7) is 2.06. The van der Waals surface area contributed by atoms with Crippen LogP contribution in [-0.4, -0.2) is 22.0 Å². The largest absolute Gasteiger partial charge is 0.369 e. The summed E-state index contributed by atoms with van der Waals surface area (Å²) in [5.41, 5.74) is 5.28. The Morgan fingerprint density at radius 1 is 1.12 bits per heavy atom. The molecule has 0 radical (unpaired) electrons. The van der Waals surface area contributed by atoms with Crippen molar-refractivity contribution in [2.75, 3.05) is 0 Å². The lowest BCUT2D eigenvalue weighted by atomic mass is 10.0. The SMILES string of the molecule is CCC(/C=C1\CCc2ccccc21)N1C(=O)c2ccccc2C1O. The molecule has 4 rings (SSSR count). The lowest BCUT2D eigenvalue weighted by Crippen LogP contribution is -2.37. The van der Waals surface area contributed by atoms with Crippen molar-refractivity contribution in [1.29, 1.82) is 0 Å². The van der Waals surface area contributed by atoms with E-state index in [9.17, 15) is 9.90 Å². The van der Waals surface area contributed by atoms with Gasteiger partial charge in [-0.1, -0.05) is 55.5 Å². The molecule has 1 heterocycles. The number of nitrogens with zero attached hydrogens (tertiary/aromatic N) is 1. The summed E-state index contributed by atoms with van der Waals surface area (Å²) >= 11 is 0. The Balaban J connectivity index is 1.69. The molecule has 1 N–H and O–H groups in total. The van der Waals surface area contributed by atoms with Crippen LogP contribution in [0.25, 0.3) is 5.57 Å². The molecule has 2 aromatic carbocycles. The minimum atomic E-state index is -0.854. The number of hydrogen-bond donors (Lipinski definition) is 1. The number of aliphatic hydroxyl groups is 1. The van der Waals surface area contributed by atoms with E-state index >= 15 is 0 Å². The van der Waals surface area contributed by atoms with Gasteiger partial charge in [-0.2, -0.15) is 0 Å². The highest BCUT2D eigenvalue weighted by Crippen LogP contribution is 2.37. The quantitative estimate of drug-likeness (QED) is 0.931. The van der Waals surface area contributed by atoms with Crippen LogP contribution in [-0.2, 0) is 6.42 Å². The van der Waals surface area contributed by atoms with E-state index in [0.29, 0.717) is 11.1 Å². The molecule has 0 aromatic heterocycles. The maximum absolute atomic E-state index is 12.8. The van der Waals surface area contributed by atoms with Crippen LogP contribution in [0.2, 0.25) is 0 Å². The number of allylic oxidation sites excluding steroid dienone is 1. The Kier molecular flexibility index (Phi) is 3.73. The molecule has 0 saturated carbocycles. The summed E-state index contributed by atoms with van der Waals surface area (Å²) in [5, 5.41) is 10.7. The number of fused-ring (bicyclic) bond motifs is 2. The molecule has 3 heteroatoms. The number of amides is 1. The highest BCUT2D eigenvalue weighted by Gasteiger charge is 2.38. The van der Waals surface area contributed by atoms with Crippen molar-refractivity contribution in [1.82, 2.24) is 4.90 Å². The second-order valence-corrected chi connectivity index (χ2v) is 6.50. The number of aryl methyl sites for hydroxylation is 1. The molecule has 0 bridgehead atoms. The van der Waals surface area contributed by atoms with Gasteiger partial charge in [0.1, 0.15) is 0 Å². The maximum Gasteiger partial charge on any atom is 0.257 e. The molecule has 24 heavy (non-hydrogen) atoms. The van der Waals surface area contributed by atoms with Gasteiger partial charge in [-0.05, 0) is 42.0 Å². The van der Waals surface area contributed by atoms with E-state index in [1.807, 2.05) is 18.2 Å². The molecule has 2 unspecified atom stereocenters. The monoisotopic (exact) mass is 319 g/mol. The van der Waals surface area contributed by atoms with Crippen molar-refractivity contribution in [3.8, 4) is 0 Å². The van der Waals surface area contributed by atoms with Crippen LogP contribution in [0.5, 0.6) is 0 Å². The third-order valence-corrected chi connectivity index (χ3v) is 5.16. The summed E-state index contributed by atoms with van der Waals surface area (Å²) in [6, 6.07) is 15.7. The molecule has 3 nitrogen and oxygen atoms in total. The molecular weight excluding hydrogens is 298 g/mol. The van der Waals surface area contributed by atoms with Crippen molar-refractivity contribution in [3.63, 3.8) is 0 Å². The zero-order valence-corrected chi connectivity index (χ0v) is 13.8. The van der Waals surface area contributed by atoms with Crippen molar-refractivity contribution in [2.45, 2.75) is 38.5 Å². The van der Waals surface area contributed by atoms with Crippen LogP contribution in [0, 0.1) is 0 Å². The van der Waals surface area contributed by atoms with Crippen LogP contribution in [0.15, 0.2) is 54.6 Å². The van der Waals surface area contributed by atoms with E-state index < -0.39 is 6.23 Å². The summed E-state index contributed by atoms with van der Waals surface area (Å²) in [5.74, 6) is -0.0758. The fourth-order valence-corrected chi connectivity index (χ4v) is 3.90. The van der Waals surface area contributed by atoms with E-state index in [-0.39, 0.29) is 11.9 Å². The second-order valence-electron chi connectivity index (χ2n) is 6.50. The van der Waals surface area contributed by atoms with Gasteiger partial charge in [-0.3, -0.25) is 4.79 Å². The summed E-state index contributed by atoms with van der Waals surface area (Å²) in [4.78, 5) is 14.4. The first-order valence-electron chi connectivity index (χ1n) is 8.59. The number of benzene rings is 2. The topological polar surface area (TPSA) is 40.5 Å². The third-order valence-electron chi connectivity index (χ3n) is 5.16. The van der Waals surface area contributed by atoms with Gasteiger partial charge in [0, 0.05) is 11.1 Å². The summed E-state index contributed by atoms with van der Waals surface area (Å²) < 4.78 is 0. The van der Waals surface area contributed by atoms with E-state index in [2.05, 4.69) is 37.3 Å². The highest BCUT2D eigenvalue weighted by molar-refractivity contribution is 5.99. The molecule has 2 atom stereocenters. The van der Waals surface area contributed by atoms with E-state index in [0.717, 1.165) is 19.3 Å². The Morgan fingerprint density at radius 3 is 2.58 bits per heavy atom. The van der Waals surface area contributed by atoms with Gasteiger partial charge < -0.3 is 10.0 Å². The van der Waals surface area contributed by atoms with Gasteiger partial charge in [-0.25, -0.2) is 0 Å². The normalized spacial score (nSPS) is 21.9. The lowest BCUT2D eigenvalue weighted by molar-refractivity contribution is 0.00495. The Morgan fingerprint density at radius 2 is 1.83 bits per heavy atom. The molecule has 1 aliphatic heterocycles. The van der Waals surface area contributed by atoms with Gasteiger partial charge in [0.15, 0.2) is 6.23 Å². The number of carbonyl (C=O) groups is 1. The zero-order chi connectivity index (χ0) is 16.7. The number of rotatable bonds is 3. The van der Waals surface area contributed by atoms with Gasteiger partial charge in [-0.15, -0.1) is 0 Å².